The predicted octanol–water partition coefficient (Wildman–Crippen LogP) is 1.78. The van der Waals surface area contributed by atoms with Crippen LogP contribution in [0.15, 0.2) is 28.2 Å². The van der Waals surface area contributed by atoms with Crippen LogP contribution in [-0.2, 0) is 4.79 Å². The number of aryl methyl sites for hydroxylation is 1. The number of rotatable bonds is 6. The van der Waals surface area contributed by atoms with Gasteiger partial charge >= 0.3 is 0 Å². The van der Waals surface area contributed by atoms with Crippen LogP contribution in [-0.4, -0.2) is 45.5 Å². The summed E-state index contributed by atoms with van der Waals surface area (Å²) in [5.74, 6) is 1.38. The van der Waals surface area contributed by atoms with Crippen LogP contribution in [0.25, 0.3) is 5.78 Å². The molecule has 0 radical (unpaired) electrons. The number of nitrogens with one attached hydrogen (secondary N) is 2. The molecule has 0 bridgehead atoms. The van der Waals surface area contributed by atoms with Crippen LogP contribution < -0.4 is 20.3 Å². The Morgan fingerprint density at radius 2 is 2.04 bits per heavy atom. The van der Waals surface area contributed by atoms with Crippen molar-refractivity contribution in [2.75, 3.05) is 25.3 Å². The van der Waals surface area contributed by atoms with E-state index in [0.29, 0.717) is 33.7 Å². The maximum absolute atomic E-state index is 12.3. The highest BCUT2D eigenvalue weighted by Gasteiger charge is 2.15. The molecule has 9 nitrogen and oxygen atoms in total. The first-order valence-electron chi connectivity index (χ1n) is 8.04. The average molecular weight is 389 g/mol. The van der Waals surface area contributed by atoms with Crippen molar-refractivity contribution >= 4 is 29.1 Å². The fourth-order valence-corrected chi connectivity index (χ4v) is 3.28. The van der Waals surface area contributed by atoms with Crippen molar-refractivity contribution in [1.29, 1.82) is 0 Å². The summed E-state index contributed by atoms with van der Waals surface area (Å²) in [6.07, 6.45) is 0. The summed E-state index contributed by atoms with van der Waals surface area (Å²) in [6.45, 7) is 3.54. The molecule has 142 valence electrons. The van der Waals surface area contributed by atoms with E-state index in [1.807, 2.05) is 6.92 Å². The number of hydrogen-bond acceptors (Lipinski definition) is 7. The number of amides is 1. The first-order valence-corrected chi connectivity index (χ1v) is 9.02. The molecule has 0 aliphatic carbocycles. The number of H-pyrrole nitrogens is 1. The molecule has 1 amide bonds. The van der Waals surface area contributed by atoms with Crippen molar-refractivity contribution in [2.45, 2.75) is 19.0 Å². The number of fused-ring (bicyclic) bond motifs is 1. The van der Waals surface area contributed by atoms with Crippen LogP contribution in [0.4, 0.5) is 5.69 Å². The molecule has 0 fully saturated rings. The summed E-state index contributed by atoms with van der Waals surface area (Å²) in [7, 11) is 3.08. The zero-order chi connectivity index (χ0) is 19.6. The average Bonchev–Trinajstić information content (AvgIpc) is 3.07. The summed E-state index contributed by atoms with van der Waals surface area (Å²) in [6, 6.07) is 5.14. The van der Waals surface area contributed by atoms with E-state index < -0.39 is 0 Å². The number of hydrogen-bond donors (Lipinski definition) is 2. The minimum absolute atomic E-state index is 0.119. The quantitative estimate of drug-likeness (QED) is 0.618. The van der Waals surface area contributed by atoms with Crippen molar-refractivity contribution in [1.82, 2.24) is 19.6 Å². The third-order valence-electron chi connectivity index (χ3n) is 4.09. The number of ether oxygens (including phenoxy) is 2. The lowest BCUT2D eigenvalue weighted by Gasteiger charge is -2.11. The fraction of sp³-hybridized carbons (Fsp3) is 0.294. The van der Waals surface area contributed by atoms with Gasteiger partial charge in [0.05, 0.1) is 25.7 Å². The largest absolute Gasteiger partial charge is 0.497 e. The summed E-state index contributed by atoms with van der Waals surface area (Å²) < 4.78 is 12.1. The van der Waals surface area contributed by atoms with E-state index in [2.05, 4.69) is 20.5 Å². The maximum atomic E-state index is 12.3. The molecule has 0 saturated heterocycles. The van der Waals surface area contributed by atoms with Crippen molar-refractivity contribution in [2.24, 2.45) is 0 Å². The zero-order valence-corrected chi connectivity index (χ0v) is 16.1. The fourth-order valence-electron chi connectivity index (χ4n) is 2.49. The second-order valence-corrected chi connectivity index (χ2v) is 6.65. The number of aromatic amines is 1. The predicted molar refractivity (Wildman–Crippen MR) is 102 cm³/mol. The van der Waals surface area contributed by atoms with Crippen LogP contribution >= 0.6 is 11.8 Å². The summed E-state index contributed by atoms with van der Waals surface area (Å²) in [5.41, 5.74) is 1.66. The number of benzene rings is 1. The normalized spacial score (nSPS) is 10.8. The van der Waals surface area contributed by atoms with E-state index in [-0.39, 0.29) is 17.2 Å². The molecule has 0 saturated carbocycles. The number of nitrogens with zero attached hydrogens (tertiary/aromatic N) is 3. The maximum Gasteiger partial charge on any atom is 0.255 e. The van der Waals surface area contributed by atoms with Crippen LogP contribution in [0.5, 0.6) is 11.5 Å². The Kier molecular flexibility index (Phi) is 5.36. The second kappa shape index (κ2) is 7.70. The Balaban J connectivity index is 1.74. The lowest BCUT2D eigenvalue weighted by molar-refractivity contribution is -0.113. The number of thioether (sulfide) groups is 1. The highest BCUT2D eigenvalue weighted by atomic mass is 32.2. The molecule has 3 aromatic rings. The molecule has 2 aromatic heterocycles. The molecule has 1 aromatic carbocycles. The van der Waals surface area contributed by atoms with Crippen LogP contribution in [0, 0.1) is 13.8 Å². The van der Waals surface area contributed by atoms with Crippen molar-refractivity contribution in [3.05, 3.63) is 39.8 Å². The van der Waals surface area contributed by atoms with Crippen LogP contribution in [0.1, 0.15) is 11.3 Å². The van der Waals surface area contributed by atoms with Gasteiger partial charge in [-0.25, -0.2) is 0 Å². The Hall–Kier alpha value is -3.01. The van der Waals surface area contributed by atoms with Gasteiger partial charge in [0.15, 0.2) is 5.16 Å². The molecule has 0 atom stereocenters. The van der Waals surface area contributed by atoms with Gasteiger partial charge in [0.25, 0.3) is 5.56 Å². The number of aromatic nitrogens is 4. The van der Waals surface area contributed by atoms with Crippen molar-refractivity contribution in [3.63, 3.8) is 0 Å². The summed E-state index contributed by atoms with van der Waals surface area (Å²) in [4.78, 5) is 26.8. The summed E-state index contributed by atoms with van der Waals surface area (Å²) >= 11 is 1.22. The summed E-state index contributed by atoms with van der Waals surface area (Å²) in [5, 5.41) is 11.3. The van der Waals surface area contributed by atoms with Gasteiger partial charge in [-0.15, -0.1) is 10.2 Å². The van der Waals surface area contributed by atoms with Crippen LogP contribution in [0.2, 0.25) is 0 Å². The third-order valence-corrected chi connectivity index (χ3v) is 5.02. The Morgan fingerprint density at radius 3 is 2.74 bits per heavy atom. The standard InChI is InChI=1S/C17H19N5O4S/c1-9-10(2)22-16(19-15(9)24)20-21-17(22)27-8-14(23)18-12-6-5-11(25-3)7-13(12)26-4/h5-7H,8H2,1-4H3,(H,18,23)(H,19,20,24). The second-order valence-electron chi connectivity index (χ2n) is 5.71. The molecule has 10 heteroatoms. The van der Waals surface area contributed by atoms with E-state index in [4.69, 9.17) is 9.47 Å². The minimum Gasteiger partial charge on any atom is -0.497 e. The first kappa shape index (κ1) is 18.8. The number of anilines is 1. The van der Waals surface area contributed by atoms with Gasteiger partial charge in [-0.1, -0.05) is 11.8 Å². The van der Waals surface area contributed by atoms with Gasteiger partial charge in [-0.3, -0.25) is 19.0 Å². The van der Waals surface area contributed by atoms with Gasteiger partial charge in [0.2, 0.25) is 11.7 Å². The van der Waals surface area contributed by atoms with Crippen LogP contribution in [0.3, 0.4) is 0 Å². The van der Waals surface area contributed by atoms with Crippen molar-refractivity contribution < 1.29 is 14.3 Å². The Morgan fingerprint density at radius 1 is 1.26 bits per heavy atom. The minimum atomic E-state index is -0.223. The van der Waals surface area contributed by atoms with Gasteiger partial charge in [-0.2, -0.15) is 0 Å². The Labute approximate surface area is 159 Å². The monoisotopic (exact) mass is 389 g/mol. The molecular formula is C17H19N5O4S. The smallest absolute Gasteiger partial charge is 0.255 e. The molecule has 0 aliphatic heterocycles. The number of methoxy groups -OCH3 is 2. The van der Waals surface area contributed by atoms with Gasteiger partial charge in [0.1, 0.15) is 11.5 Å². The first-order chi connectivity index (χ1) is 12.9. The molecule has 3 rings (SSSR count). The lowest BCUT2D eigenvalue weighted by atomic mass is 10.2. The van der Waals surface area contributed by atoms with E-state index in [0.717, 1.165) is 5.69 Å². The molecule has 2 N–H and O–H groups in total. The highest BCUT2D eigenvalue weighted by Crippen LogP contribution is 2.29. The zero-order valence-electron chi connectivity index (χ0n) is 15.3. The van der Waals surface area contributed by atoms with Gasteiger partial charge in [0, 0.05) is 17.3 Å². The van der Waals surface area contributed by atoms with Gasteiger partial charge < -0.3 is 14.8 Å². The van der Waals surface area contributed by atoms with E-state index in [1.54, 1.807) is 36.6 Å². The van der Waals surface area contributed by atoms with E-state index in [1.165, 1.54) is 18.9 Å². The third kappa shape index (κ3) is 3.75. The molecule has 27 heavy (non-hydrogen) atoms. The van der Waals surface area contributed by atoms with E-state index in [9.17, 15) is 9.59 Å². The number of carbonyl (C=O) groups is 1. The lowest BCUT2D eigenvalue weighted by Crippen LogP contribution is -2.16. The highest BCUT2D eigenvalue weighted by molar-refractivity contribution is 7.99. The molecule has 2 heterocycles. The van der Waals surface area contributed by atoms with E-state index >= 15 is 0 Å². The van der Waals surface area contributed by atoms with Crippen molar-refractivity contribution in [3.8, 4) is 11.5 Å². The molecule has 0 aliphatic rings. The number of carbonyl (C=O) groups excluding carboxylic acids is 1. The SMILES string of the molecule is COc1ccc(NC(=O)CSc2nnc3[nH]c(=O)c(C)c(C)n23)c(OC)c1. The molecular weight excluding hydrogens is 370 g/mol. The molecule has 0 unspecified atom stereocenters. The molecule has 0 spiro atoms. The van der Waals surface area contributed by atoms with Gasteiger partial charge in [-0.05, 0) is 26.0 Å². The topological polar surface area (TPSA) is 111 Å². The Bertz CT molecular complexity index is 1060.